The molecule has 0 atom stereocenters. The van der Waals surface area contributed by atoms with E-state index in [1.54, 1.807) is 31.4 Å². The van der Waals surface area contributed by atoms with Crippen molar-refractivity contribution in [3.63, 3.8) is 0 Å². The van der Waals surface area contributed by atoms with E-state index in [0.29, 0.717) is 11.0 Å². The molecule has 1 amide bonds. The summed E-state index contributed by atoms with van der Waals surface area (Å²) >= 11 is 1.30. The second-order valence-electron chi connectivity index (χ2n) is 7.09. The molecule has 0 spiro atoms. The summed E-state index contributed by atoms with van der Waals surface area (Å²) < 4.78 is 7.15. The molecule has 1 aromatic heterocycles. The predicted octanol–water partition coefficient (Wildman–Crippen LogP) is 4.69. The molecule has 0 aliphatic carbocycles. The lowest BCUT2D eigenvalue weighted by Crippen LogP contribution is -2.14. The zero-order chi connectivity index (χ0) is 22.5. The monoisotopic (exact) mass is 446 g/mol. The molecule has 0 radical (unpaired) electrons. The number of benzene rings is 3. The Morgan fingerprint density at radius 2 is 1.81 bits per heavy atom. The summed E-state index contributed by atoms with van der Waals surface area (Å²) in [6.45, 7) is 1.98. The maximum atomic E-state index is 12.5. The van der Waals surface area contributed by atoms with Gasteiger partial charge in [-0.2, -0.15) is 0 Å². The first kappa shape index (κ1) is 21.5. The zero-order valence-electron chi connectivity index (χ0n) is 17.6. The number of nitrogens with one attached hydrogen (secondary N) is 1. The molecule has 32 heavy (non-hydrogen) atoms. The van der Waals surface area contributed by atoms with Gasteiger partial charge in [-0.05, 0) is 73.2 Å². The zero-order valence-corrected chi connectivity index (χ0v) is 18.5. The van der Waals surface area contributed by atoms with Crippen molar-refractivity contribution in [1.82, 2.24) is 14.8 Å². The lowest BCUT2D eigenvalue weighted by atomic mass is 10.2. The van der Waals surface area contributed by atoms with Gasteiger partial charge >= 0.3 is 0 Å². The Morgan fingerprint density at radius 1 is 1.06 bits per heavy atom. The molecule has 162 valence electrons. The quantitative estimate of drug-likeness (QED) is 0.401. The third kappa shape index (κ3) is 4.92. The van der Waals surface area contributed by atoms with E-state index in [1.807, 2.05) is 60.0 Å². The van der Waals surface area contributed by atoms with Gasteiger partial charge in [0.15, 0.2) is 11.0 Å². The van der Waals surface area contributed by atoms with Crippen molar-refractivity contribution < 1.29 is 14.6 Å². The van der Waals surface area contributed by atoms with Gasteiger partial charge < -0.3 is 15.2 Å². The maximum absolute atomic E-state index is 12.5. The Labute approximate surface area is 190 Å². The van der Waals surface area contributed by atoms with E-state index in [4.69, 9.17) is 4.74 Å². The molecular formula is C24H22N4O3S. The van der Waals surface area contributed by atoms with Gasteiger partial charge in [-0.25, -0.2) is 0 Å². The Hall–Kier alpha value is -3.78. The molecule has 0 fully saturated rings. The SMILES string of the molecule is COc1ccc(-n2c(SCC(=O)Nc3cccc(C)c3)nnc2-c2ccc(O)cc2)cc1. The average molecular weight is 447 g/mol. The van der Waals surface area contributed by atoms with Crippen LogP contribution in [0.2, 0.25) is 0 Å². The average Bonchev–Trinajstić information content (AvgIpc) is 3.22. The fraction of sp³-hybridized carbons (Fsp3) is 0.125. The van der Waals surface area contributed by atoms with Gasteiger partial charge in [0.25, 0.3) is 0 Å². The molecule has 0 unspecified atom stereocenters. The Bertz CT molecular complexity index is 1220. The normalized spacial score (nSPS) is 10.7. The van der Waals surface area contributed by atoms with Crippen molar-refractivity contribution in [2.45, 2.75) is 12.1 Å². The maximum Gasteiger partial charge on any atom is 0.234 e. The molecule has 7 nitrogen and oxygen atoms in total. The number of carbonyl (C=O) groups is 1. The third-order valence-electron chi connectivity index (χ3n) is 4.72. The summed E-state index contributed by atoms with van der Waals surface area (Å²) in [6, 6.07) is 21.9. The fourth-order valence-electron chi connectivity index (χ4n) is 3.17. The highest BCUT2D eigenvalue weighted by molar-refractivity contribution is 7.99. The van der Waals surface area contributed by atoms with Gasteiger partial charge in [-0.1, -0.05) is 23.9 Å². The second-order valence-corrected chi connectivity index (χ2v) is 8.04. The standard InChI is InChI=1S/C24H22N4O3S/c1-16-4-3-5-18(14-16)25-22(30)15-32-24-27-26-23(17-6-10-20(29)11-7-17)28(24)19-8-12-21(31-2)13-9-19/h3-14,29H,15H2,1-2H3,(H,25,30). The summed E-state index contributed by atoms with van der Waals surface area (Å²) in [5.41, 5.74) is 3.47. The number of aryl methyl sites for hydroxylation is 1. The van der Waals surface area contributed by atoms with Gasteiger partial charge in [-0.3, -0.25) is 9.36 Å². The number of hydrogen-bond donors (Lipinski definition) is 2. The second kappa shape index (κ2) is 9.57. The van der Waals surface area contributed by atoms with Crippen LogP contribution >= 0.6 is 11.8 Å². The van der Waals surface area contributed by atoms with Crippen molar-refractivity contribution >= 4 is 23.4 Å². The van der Waals surface area contributed by atoms with Crippen molar-refractivity contribution in [3.05, 3.63) is 78.4 Å². The summed E-state index contributed by atoms with van der Waals surface area (Å²) in [6.07, 6.45) is 0. The number of aromatic hydroxyl groups is 1. The van der Waals surface area contributed by atoms with Gasteiger partial charge in [0.1, 0.15) is 11.5 Å². The molecule has 0 aliphatic heterocycles. The first-order valence-electron chi connectivity index (χ1n) is 9.92. The lowest BCUT2D eigenvalue weighted by Gasteiger charge is -2.11. The van der Waals surface area contributed by atoms with Crippen LogP contribution in [-0.4, -0.2) is 38.6 Å². The minimum absolute atomic E-state index is 0.129. The van der Waals surface area contributed by atoms with Crippen LogP contribution in [0.3, 0.4) is 0 Å². The third-order valence-corrected chi connectivity index (χ3v) is 5.65. The number of rotatable bonds is 7. The van der Waals surface area contributed by atoms with E-state index in [2.05, 4.69) is 15.5 Å². The lowest BCUT2D eigenvalue weighted by molar-refractivity contribution is -0.113. The van der Waals surface area contributed by atoms with Crippen molar-refractivity contribution in [1.29, 1.82) is 0 Å². The molecule has 4 aromatic rings. The number of carbonyl (C=O) groups excluding carboxylic acids is 1. The summed E-state index contributed by atoms with van der Waals surface area (Å²) in [7, 11) is 1.61. The summed E-state index contributed by atoms with van der Waals surface area (Å²) in [4.78, 5) is 12.5. The molecule has 4 rings (SSSR count). The van der Waals surface area contributed by atoms with Gasteiger partial charge in [0, 0.05) is 16.9 Å². The van der Waals surface area contributed by atoms with Crippen LogP contribution in [0.15, 0.2) is 78.0 Å². The minimum atomic E-state index is -0.129. The van der Waals surface area contributed by atoms with Crippen molar-refractivity contribution in [2.24, 2.45) is 0 Å². The van der Waals surface area contributed by atoms with E-state index >= 15 is 0 Å². The first-order valence-corrected chi connectivity index (χ1v) is 10.9. The Morgan fingerprint density at radius 3 is 2.50 bits per heavy atom. The summed E-state index contributed by atoms with van der Waals surface area (Å²) in [5, 5.41) is 21.8. The minimum Gasteiger partial charge on any atom is -0.508 e. The molecular weight excluding hydrogens is 424 g/mol. The van der Waals surface area contributed by atoms with Gasteiger partial charge in [-0.15, -0.1) is 10.2 Å². The van der Waals surface area contributed by atoms with Gasteiger partial charge in [0.2, 0.25) is 5.91 Å². The van der Waals surface area contributed by atoms with Crippen LogP contribution in [0, 0.1) is 6.92 Å². The number of methoxy groups -OCH3 is 1. The Balaban J connectivity index is 1.61. The number of phenols is 1. The van der Waals surface area contributed by atoms with Gasteiger partial charge in [0.05, 0.1) is 12.9 Å². The Kier molecular flexibility index (Phi) is 6.42. The smallest absolute Gasteiger partial charge is 0.234 e. The molecule has 1 heterocycles. The molecule has 0 bridgehead atoms. The van der Waals surface area contributed by atoms with Crippen LogP contribution in [0.4, 0.5) is 5.69 Å². The van der Waals surface area contributed by atoms with Crippen LogP contribution in [0.1, 0.15) is 5.56 Å². The predicted molar refractivity (Wildman–Crippen MR) is 126 cm³/mol. The van der Waals surface area contributed by atoms with Crippen LogP contribution in [0.25, 0.3) is 17.1 Å². The van der Waals surface area contributed by atoms with Crippen LogP contribution < -0.4 is 10.1 Å². The number of thioether (sulfide) groups is 1. The van der Waals surface area contributed by atoms with E-state index < -0.39 is 0 Å². The number of nitrogens with zero attached hydrogens (tertiary/aromatic N) is 3. The largest absolute Gasteiger partial charge is 0.508 e. The van der Waals surface area contributed by atoms with Crippen molar-refractivity contribution in [2.75, 3.05) is 18.2 Å². The highest BCUT2D eigenvalue weighted by Gasteiger charge is 2.17. The first-order chi connectivity index (χ1) is 15.5. The molecule has 2 N–H and O–H groups in total. The van der Waals surface area contributed by atoms with E-state index in [1.165, 1.54) is 11.8 Å². The highest BCUT2D eigenvalue weighted by atomic mass is 32.2. The van der Waals surface area contributed by atoms with Crippen LogP contribution in [-0.2, 0) is 4.79 Å². The van der Waals surface area contributed by atoms with E-state index in [0.717, 1.165) is 28.3 Å². The number of hydrogen-bond acceptors (Lipinski definition) is 6. The van der Waals surface area contributed by atoms with Crippen molar-refractivity contribution in [3.8, 4) is 28.6 Å². The number of phenolic OH excluding ortho intramolecular Hbond substituents is 1. The topological polar surface area (TPSA) is 89.3 Å². The molecule has 0 saturated heterocycles. The summed E-state index contributed by atoms with van der Waals surface area (Å²) in [5.74, 6) is 1.57. The molecule has 0 saturated carbocycles. The number of aromatic nitrogens is 3. The van der Waals surface area contributed by atoms with Crippen LogP contribution in [0.5, 0.6) is 11.5 Å². The highest BCUT2D eigenvalue weighted by Crippen LogP contribution is 2.29. The molecule has 3 aromatic carbocycles. The van der Waals surface area contributed by atoms with E-state index in [9.17, 15) is 9.90 Å². The number of amides is 1. The van der Waals surface area contributed by atoms with E-state index in [-0.39, 0.29) is 17.4 Å². The molecule has 8 heteroatoms. The fourth-order valence-corrected chi connectivity index (χ4v) is 3.93. The number of anilines is 1. The molecule has 0 aliphatic rings. The number of ether oxygens (including phenoxy) is 1.